The van der Waals surface area contributed by atoms with E-state index in [0.29, 0.717) is 5.56 Å². The summed E-state index contributed by atoms with van der Waals surface area (Å²) in [5.74, 6) is 0.817. The molecule has 1 aromatic heterocycles. The fourth-order valence-electron chi connectivity index (χ4n) is 4.17. The second-order valence-electron chi connectivity index (χ2n) is 7.49. The third kappa shape index (κ3) is 4.07. The number of carbonyl (C=O) groups excluding carboxylic acids is 1. The number of para-hydroxylation sites is 1. The molecule has 0 amide bonds. The van der Waals surface area contributed by atoms with Gasteiger partial charge in [0.25, 0.3) is 0 Å². The van der Waals surface area contributed by atoms with Gasteiger partial charge >= 0.3 is 0 Å². The van der Waals surface area contributed by atoms with E-state index in [-0.39, 0.29) is 5.78 Å². The molecule has 2 aromatic carbocycles. The molecule has 1 aliphatic heterocycles. The van der Waals surface area contributed by atoms with Crippen LogP contribution in [-0.2, 0) is 11.3 Å². The molecular formula is C24H28N2O3. The van der Waals surface area contributed by atoms with E-state index < -0.39 is 0 Å². The van der Waals surface area contributed by atoms with Crippen LogP contribution in [0.1, 0.15) is 28.0 Å². The molecule has 4 rings (SSSR count). The van der Waals surface area contributed by atoms with Crippen molar-refractivity contribution in [2.45, 2.75) is 19.9 Å². The van der Waals surface area contributed by atoms with Crippen molar-refractivity contribution < 1.29 is 14.3 Å². The van der Waals surface area contributed by atoms with Crippen molar-refractivity contribution in [3.8, 4) is 5.75 Å². The Morgan fingerprint density at radius 1 is 1.03 bits per heavy atom. The van der Waals surface area contributed by atoms with Gasteiger partial charge in [-0.1, -0.05) is 18.2 Å². The van der Waals surface area contributed by atoms with Crippen molar-refractivity contribution in [1.29, 1.82) is 0 Å². The molecule has 3 aromatic rings. The zero-order valence-corrected chi connectivity index (χ0v) is 17.2. The number of morpholine rings is 1. The van der Waals surface area contributed by atoms with Crippen LogP contribution >= 0.6 is 0 Å². The predicted octanol–water partition coefficient (Wildman–Crippen LogP) is 3.91. The number of ketones is 1. The summed E-state index contributed by atoms with van der Waals surface area (Å²) in [5.41, 5.74) is 3.65. The van der Waals surface area contributed by atoms with Crippen molar-refractivity contribution >= 4 is 16.7 Å². The zero-order valence-electron chi connectivity index (χ0n) is 17.2. The van der Waals surface area contributed by atoms with E-state index in [1.165, 1.54) is 0 Å². The lowest BCUT2D eigenvalue weighted by Gasteiger charge is -2.26. The van der Waals surface area contributed by atoms with Crippen molar-refractivity contribution in [2.75, 3.05) is 40.0 Å². The highest BCUT2D eigenvalue weighted by molar-refractivity contribution is 6.17. The molecule has 0 radical (unpaired) electrons. The molecule has 1 aliphatic rings. The van der Waals surface area contributed by atoms with Gasteiger partial charge in [0.15, 0.2) is 5.78 Å². The number of rotatable bonds is 7. The molecule has 0 aliphatic carbocycles. The molecule has 5 nitrogen and oxygen atoms in total. The summed E-state index contributed by atoms with van der Waals surface area (Å²) in [6.45, 7) is 7.68. The number of fused-ring (bicyclic) bond motifs is 1. The number of benzene rings is 2. The van der Waals surface area contributed by atoms with Crippen LogP contribution in [0.5, 0.6) is 5.75 Å². The maximum Gasteiger partial charge on any atom is 0.195 e. The smallest absolute Gasteiger partial charge is 0.195 e. The highest BCUT2D eigenvalue weighted by Crippen LogP contribution is 2.29. The number of ether oxygens (including phenoxy) is 2. The Balaban J connectivity index is 1.60. The molecular weight excluding hydrogens is 364 g/mol. The van der Waals surface area contributed by atoms with E-state index in [2.05, 4.69) is 28.5 Å². The van der Waals surface area contributed by atoms with E-state index in [4.69, 9.17) is 9.47 Å². The normalized spacial score (nSPS) is 15.0. The summed E-state index contributed by atoms with van der Waals surface area (Å²) in [6, 6.07) is 15.6. The average Bonchev–Trinajstić information content (AvgIpc) is 3.05. The first-order chi connectivity index (χ1) is 14.2. The summed E-state index contributed by atoms with van der Waals surface area (Å²) in [5, 5.41) is 1.03. The van der Waals surface area contributed by atoms with Crippen molar-refractivity contribution in [3.63, 3.8) is 0 Å². The number of hydrogen-bond acceptors (Lipinski definition) is 4. The maximum absolute atomic E-state index is 13.3. The second kappa shape index (κ2) is 8.80. The molecule has 29 heavy (non-hydrogen) atoms. The molecule has 1 fully saturated rings. The monoisotopic (exact) mass is 392 g/mol. The van der Waals surface area contributed by atoms with Gasteiger partial charge in [-0.25, -0.2) is 0 Å². The highest BCUT2D eigenvalue weighted by atomic mass is 16.5. The summed E-state index contributed by atoms with van der Waals surface area (Å²) in [4.78, 5) is 15.8. The number of hydrogen-bond donors (Lipinski definition) is 0. The number of methoxy groups -OCH3 is 1. The van der Waals surface area contributed by atoms with Crippen molar-refractivity contribution in [2.24, 2.45) is 0 Å². The molecule has 0 saturated carbocycles. The molecule has 1 saturated heterocycles. The summed E-state index contributed by atoms with van der Waals surface area (Å²) >= 11 is 0. The van der Waals surface area contributed by atoms with Crippen LogP contribution in [0, 0.1) is 6.92 Å². The lowest BCUT2D eigenvalue weighted by Crippen LogP contribution is -2.37. The van der Waals surface area contributed by atoms with Crippen LogP contribution in [0.4, 0.5) is 0 Å². The van der Waals surface area contributed by atoms with E-state index in [1.807, 2.05) is 36.4 Å². The minimum atomic E-state index is 0.0632. The average molecular weight is 392 g/mol. The van der Waals surface area contributed by atoms with Crippen LogP contribution in [0.3, 0.4) is 0 Å². The van der Waals surface area contributed by atoms with E-state index in [9.17, 15) is 4.79 Å². The fourth-order valence-corrected chi connectivity index (χ4v) is 4.17. The topological polar surface area (TPSA) is 43.7 Å². The van der Waals surface area contributed by atoms with Crippen LogP contribution in [0.15, 0.2) is 48.5 Å². The summed E-state index contributed by atoms with van der Waals surface area (Å²) in [7, 11) is 1.63. The van der Waals surface area contributed by atoms with Gasteiger partial charge in [-0.05, 0) is 43.7 Å². The first-order valence-corrected chi connectivity index (χ1v) is 10.3. The molecule has 0 bridgehead atoms. The van der Waals surface area contributed by atoms with Gasteiger partial charge in [0.05, 0.1) is 25.9 Å². The van der Waals surface area contributed by atoms with Gasteiger partial charge < -0.3 is 14.0 Å². The first-order valence-electron chi connectivity index (χ1n) is 10.3. The third-order valence-electron chi connectivity index (χ3n) is 5.77. The number of carbonyl (C=O) groups is 1. The lowest BCUT2D eigenvalue weighted by atomic mass is 10.0. The minimum Gasteiger partial charge on any atom is -0.497 e. The molecule has 0 N–H and O–H groups in total. The Hall–Kier alpha value is -2.63. The van der Waals surface area contributed by atoms with Gasteiger partial charge in [-0.3, -0.25) is 9.69 Å². The number of nitrogens with zero attached hydrogens (tertiary/aromatic N) is 2. The largest absolute Gasteiger partial charge is 0.497 e. The standard InChI is InChI=1S/C24H28N2O3/c1-18-23(24(27)19-8-10-20(28-2)11-9-19)21-6-3-4-7-22(21)26(18)13-5-12-25-14-16-29-17-15-25/h3-4,6-11H,5,12-17H2,1-2H3. The molecule has 0 atom stereocenters. The zero-order chi connectivity index (χ0) is 20.2. The number of aryl methyl sites for hydroxylation is 1. The van der Waals surface area contributed by atoms with Crippen LogP contribution in [0.25, 0.3) is 10.9 Å². The highest BCUT2D eigenvalue weighted by Gasteiger charge is 2.21. The third-order valence-corrected chi connectivity index (χ3v) is 5.77. The molecule has 152 valence electrons. The van der Waals surface area contributed by atoms with Gasteiger partial charge in [0.2, 0.25) is 0 Å². The van der Waals surface area contributed by atoms with Gasteiger partial charge in [-0.2, -0.15) is 0 Å². The molecule has 0 unspecified atom stereocenters. The Kier molecular flexibility index (Phi) is 5.97. The van der Waals surface area contributed by atoms with Crippen molar-refractivity contribution in [1.82, 2.24) is 9.47 Å². The fraction of sp³-hybridized carbons (Fsp3) is 0.375. The molecule has 2 heterocycles. The van der Waals surface area contributed by atoms with Crippen molar-refractivity contribution in [3.05, 3.63) is 65.4 Å². The maximum atomic E-state index is 13.3. The Labute approximate surface area is 171 Å². The lowest BCUT2D eigenvalue weighted by molar-refractivity contribution is 0.0369. The molecule has 0 spiro atoms. The van der Waals surface area contributed by atoms with Gasteiger partial charge in [0.1, 0.15) is 5.75 Å². The number of aromatic nitrogens is 1. The van der Waals surface area contributed by atoms with Gasteiger partial charge in [-0.15, -0.1) is 0 Å². The SMILES string of the molecule is COc1ccc(C(=O)c2c(C)n(CCCN3CCOCC3)c3ccccc23)cc1. The van der Waals surface area contributed by atoms with Crippen LogP contribution in [0.2, 0.25) is 0 Å². The van der Waals surface area contributed by atoms with Crippen LogP contribution in [-0.4, -0.2) is 55.2 Å². The summed E-state index contributed by atoms with van der Waals surface area (Å²) < 4.78 is 13.0. The Morgan fingerprint density at radius 3 is 2.48 bits per heavy atom. The van der Waals surface area contributed by atoms with Gasteiger partial charge in [0, 0.05) is 48.3 Å². The Bertz CT molecular complexity index is 985. The first kappa shape index (κ1) is 19.7. The van der Waals surface area contributed by atoms with E-state index in [1.54, 1.807) is 7.11 Å². The Morgan fingerprint density at radius 2 is 1.76 bits per heavy atom. The quantitative estimate of drug-likeness (QED) is 0.572. The van der Waals surface area contributed by atoms with E-state index >= 15 is 0 Å². The van der Waals surface area contributed by atoms with E-state index in [0.717, 1.165) is 73.7 Å². The molecule has 5 heteroatoms. The summed E-state index contributed by atoms with van der Waals surface area (Å²) in [6.07, 6.45) is 1.05. The predicted molar refractivity (Wildman–Crippen MR) is 115 cm³/mol. The minimum absolute atomic E-state index is 0.0632. The van der Waals surface area contributed by atoms with Crippen LogP contribution < -0.4 is 4.74 Å². The second-order valence-corrected chi connectivity index (χ2v) is 7.49.